The normalized spacial score (nSPS) is 49.9. The molecule has 4 saturated heterocycles. The Labute approximate surface area is 275 Å². The van der Waals surface area contributed by atoms with E-state index in [1.165, 1.54) is 0 Å². The second kappa shape index (κ2) is 17.0. The number of aliphatic hydroxyl groups is 13. The van der Waals surface area contributed by atoms with Gasteiger partial charge >= 0.3 is 7.82 Å². The molecule has 4 aliphatic heterocycles. The quantitative estimate of drug-likeness (QED) is 0.0816. The molecule has 0 spiro atoms. The number of phosphoric ester groups is 1. The van der Waals surface area contributed by atoms with Gasteiger partial charge in [-0.3, -0.25) is 4.52 Å². The molecule has 0 bridgehead atoms. The highest BCUT2D eigenvalue weighted by molar-refractivity contribution is 7.46. The summed E-state index contributed by atoms with van der Waals surface area (Å²) in [4.78, 5) is 17.9. The molecule has 0 saturated carbocycles. The number of ether oxygens (including phenoxy) is 7. The summed E-state index contributed by atoms with van der Waals surface area (Å²) in [5.41, 5.74) is 0. The van der Waals surface area contributed by atoms with E-state index in [4.69, 9.17) is 42.9 Å². The maximum absolute atomic E-state index is 11.1. The van der Waals surface area contributed by atoms with Crippen LogP contribution < -0.4 is 0 Å². The number of hydrogen-bond acceptors (Lipinski definition) is 22. The van der Waals surface area contributed by atoms with Crippen molar-refractivity contribution >= 4 is 7.82 Å². The van der Waals surface area contributed by atoms with Gasteiger partial charge in [-0.1, -0.05) is 0 Å². The predicted octanol–water partition coefficient (Wildman–Crippen LogP) is -9.63. The van der Waals surface area contributed by atoms with Crippen molar-refractivity contribution in [2.75, 3.05) is 26.4 Å². The first-order chi connectivity index (χ1) is 22.9. The van der Waals surface area contributed by atoms with Gasteiger partial charge in [0.1, 0.15) is 97.7 Å². The van der Waals surface area contributed by atoms with E-state index in [2.05, 4.69) is 4.52 Å². The van der Waals surface area contributed by atoms with Gasteiger partial charge in [0.25, 0.3) is 0 Å². The van der Waals surface area contributed by atoms with E-state index >= 15 is 0 Å². The SMILES string of the molecule is O=P(O)(O)O[14CH2][14C@H]1O[14C@H](O[14C@@H]2[14C@H](O)[14C@@H](O[14C@@H]3[14C@H](O)[14C@@H](O[14C@H]4[14C@@H](O)[14C@H](O)[14C@@H]([14CH2]O)O[14C@@H]4O)O[14C@H]([14CH2]O)[14C@H]3O)O[14C@H]([14CH2]O)[14C@H]2O)[14C@@H](O)[14C@@H](O)[14C@@H]1O. The summed E-state index contributed by atoms with van der Waals surface area (Å²) in [6.45, 7) is -3.72. The van der Waals surface area contributed by atoms with E-state index in [0.29, 0.717) is 0 Å². The molecule has 20 atom stereocenters. The summed E-state index contributed by atoms with van der Waals surface area (Å²) in [6.07, 6.45) is -38.1. The third-order valence-corrected chi connectivity index (χ3v) is 8.92. The highest BCUT2D eigenvalue weighted by Crippen LogP contribution is 2.38. The van der Waals surface area contributed by atoms with Crippen molar-refractivity contribution in [3.8, 4) is 0 Å². The smallest absolute Gasteiger partial charge is 0.394 e. The van der Waals surface area contributed by atoms with E-state index in [1.54, 1.807) is 0 Å². The van der Waals surface area contributed by atoms with Crippen LogP contribution in [-0.4, -0.2) is 225 Å². The van der Waals surface area contributed by atoms with Crippen LogP contribution >= 0.6 is 7.82 Å². The van der Waals surface area contributed by atoms with Gasteiger partial charge in [0.15, 0.2) is 25.2 Å². The highest BCUT2D eigenvalue weighted by atomic mass is 31.2. The van der Waals surface area contributed by atoms with E-state index in [0.717, 1.165) is 0 Å². The third-order valence-electron chi connectivity index (χ3n) is 8.44. The first-order valence-electron chi connectivity index (χ1n) is 14.9. The Bertz CT molecular complexity index is 1090. The fourth-order valence-corrected chi connectivity index (χ4v) is 6.01. The van der Waals surface area contributed by atoms with Gasteiger partial charge in [-0.15, -0.1) is 0 Å². The summed E-state index contributed by atoms with van der Waals surface area (Å²) in [6, 6.07) is 0. The molecule has 25 heteroatoms. The van der Waals surface area contributed by atoms with Crippen LogP contribution in [0.1, 0.15) is 0 Å². The number of phosphoric acid groups is 1. The Morgan fingerprint density at radius 1 is 0.449 bits per heavy atom. The third kappa shape index (κ3) is 9.10. The molecule has 0 aromatic rings. The van der Waals surface area contributed by atoms with Crippen LogP contribution in [0.5, 0.6) is 0 Å². The molecule has 288 valence electrons. The molecule has 0 amide bonds. The van der Waals surface area contributed by atoms with Gasteiger partial charge < -0.3 is 109 Å². The lowest BCUT2D eigenvalue weighted by molar-refractivity contribution is -0.391. The second-order valence-electron chi connectivity index (χ2n) is 11.7. The predicted molar refractivity (Wildman–Crippen MR) is 145 cm³/mol. The van der Waals surface area contributed by atoms with E-state index in [1.807, 2.05) is 0 Å². The van der Waals surface area contributed by atoms with E-state index in [-0.39, 0.29) is 0 Å². The van der Waals surface area contributed by atoms with Crippen LogP contribution in [0, 0.1) is 0 Å². The summed E-state index contributed by atoms with van der Waals surface area (Å²) >= 11 is 0. The molecule has 4 heterocycles. The molecule has 0 unspecified atom stereocenters. The molecule has 49 heavy (non-hydrogen) atoms. The molecule has 0 radical (unpaired) electrons. The molecule has 0 aromatic heterocycles. The minimum Gasteiger partial charge on any atom is -0.394 e. The summed E-state index contributed by atoms with van der Waals surface area (Å²) < 4.78 is 52.9. The van der Waals surface area contributed by atoms with E-state index in [9.17, 15) is 70.9 Å². The summed E-state index contributed by atoms with van der Waals surface area (Å²) in [5, 5.41) is 135. The van der Waals surface area contributed by atoms with Gasteiger partial charge in [-0.25, -0.2) is 4.57 Å². The van der Waals surface area contributed by atoms with Gasteiger partial charge in [0, 0.05) is 0 Å². The molecule has 0 aliphatic carbocycles. The maximum atomic E-state index is 11.1. The molecule has 15 N–H and O–H groups in total. The van der Waals surface area contributed by atoms with Gasteiger partial charge in [0.2, 0.25) is 0 Å². The van der Waals surface area contributed by atoms with Gasteiger partial charge in [0.05, 0.1) is 26.4 Å². The van der Waals surface area contributed by atoms with Crippen LogP contribution in [0.3, 0.4) is 0 Å². The first-order valence-corrected chi connectivity index (χ1v) is 16.4. The lowest BCUT2D eigenvalue weighted by Gasteiger charge is -2.49. The molecular weight excluding hydrogens is 751 g/mol. The Kier molecular flexibility index (Phi) is 14.2. The first kappa shape index (κ1) is 41.1. The molecule has 4 aliphatic rings. The minimum atomic E-state index is -5.09. The minimum absolute atomic E-state index is 0.794. The van der Waals surface area contributed by atoms with Gasteiger partial charge in [-0.05, 0) is 0 Å². The monoisotopic (exact) mass is 794 g/mol. The molecule has 4 rings (SSSR count). The Morgan fingerprint density at radius 2 is 0.837 bits per heavy atom. The largest absolute Gasteiger partial charge is 0.469 e. The summed E-state index contributed by atoms with van der Waals surface area (Å²) in [7, 11) is -5.09. The zero-order chi connectivity index (χ0) is 36.5. The molecule has 0 aromatic carbocycles. The zero-order valence-corrected chi connectivity index (χ0v) is 26.1. The topological polar surface area (TPSA) is 394 Å². The van der Waals surface area contributed by atoms with Crippen molar-refractivity contribution in [2.45, 2.75) is 123 Å². The van der Waals surface area contributed by atoms with Crippen molar-refractivity contribution in [2.24, 2.45) is 0 Å². The lowest BCUT2D eigenvalue weighted by atomic mass is 11.8. The maximum Gasteiger partial charge on any atom is 0.469 e. The fraction of sp³-hybridized carbons (Fsp3) is 1.00. The van der Waals surface area contributed by atoms with Crippen LogP contribution in [0.15, 0.2) is 0 Å². The Hall–Kier alpha value is -0.690. The van der Waals surface area contributed by atoms with Crippen molar-refractivity contribution < 1.29 is 118 Å². The number of hydrogen-bond donors (Lipinski definition) is 15. The molecular formula is C24H43O24P. The lowest BCUT2D eigenvalue weighted by Crippen LogP contribution is -2.67. The second-order valence-corrected chi connectivity index (χ2v) is 13.0. The van der Waals surface area contributed by atoms with Crippen molar-refractivity contribution in [3.63, 3.8) is 0 Å². The van der Waals surface area contributed by atoms with Crippen LogP contribution in [-0.2, 0) is 42.2 Å². The highest BCUT2D eigenvalue weighted by Gasteiger charge is 2.55. The molecule has 4 fully saturated rings. The number of rotatable bonds is 12. The average molecular weight is 794 g/mol. The van der Waals surface area contributed by atoms with Crippen molar-refractivity contribution in [3.05, 3.63) is 0 Å². The average Bonchev–Trinajstić information content (AvgIpc) is 3.05. The standard InChI is InChI=1S/C24H43O24P/c25-1-5-9(28)14(33)20(21(37)42-5)48-24-17(36)19(12(31)7(3-27)44-24)47-23-16(35)18(11(30)6(2-26)43-23)46-22-15(34)13(32)10(29)8(45-22)4-41-49(38,39)40/h5-37H,1-4H2,(H2,38,39,40)/t5-,6-,7-,8-,9-,10-,11-,12-,13+,14+,15+,16+,17+,18+,19+,20+,21+,22-,23-,24-/m1/s1/i1+2,2+2,3+2,4+2,5+2,6+2,7+2,8+2,9+2,10+2,11+2,12+2,13+2,14+2,15+2,16+2,17+2,18+2,19+2,20+2,21+2,22+2,23+2,24+2. The van der Waals surface area contributed by atoms with Crippen LogP contribution in [0.4, 0.5) is 0 Å². The Balaban J connectivity index is 1.51. The van der Waals surface area contributed by atoms with Crippen LogP contribution in [0.2, 0.25) is 0 Å². The molecule has 24 nitrogen and oxygen atoms in total. The summed E-state index contributed by atoms with van der Waals surface area (Å²) in [5.74, 6) is 0. The van der Waals surface area contributed by atoms with E-state index < -0.39 is 157 Å². The number of aliphatic hydroxyl groups excluding tert-OH is 13. The fourth-order valence-electron chi connectivity index (χ4n) is 5.67. The van der Waals surface area contributed by atoms with Gasteiger partial charge in [-0.2, -0.15) is 0 Å². The van der Waals surface area contributed by atoms with Crippen LogP contribution in [0.25, 0.3) is 0 Å². The Morgan fingerprint density at radius 3 is 1.29 bits per heavy atom. The zero-order valence-electron chi connectivity index (χ0n) is 25.2. The van der Waals surface area contributed by atoms with Crippen molar-refractivity contribution in [1.82, 2.24) is 0 Å². The van der Waals surface area contributed by atoms with Crippen molar-refractivity contribution in [1.29, 1.82) is 0 Å².